The van der Waals surface area contributed by atoms with Crippen molar-refractivity contribution in [2.75, 3.05) is 20.1 Å². The van der Waals surface area contributed by atoms with Crippen molar-refractivity contribution in [1.29, 1.82) is 0 Å². The fraction of sp³-hybridized carbons (Fsp3) is 0.417. The van der Waals surface area contributed by atoms with Gasteiger partial charge in [0, 0.05) is 26.6 Å². The molecule has 2 aromatic rings. The zero-order valence-electron chi connectivity index (χ0n) is 16.7. The average molecular weight is 379 g/mol. The molecular formula is C24H30N2O2. The van der Waals surface area contributed by atoms with Gasteiger partial charge in [0.25, 0.3) is 0 Å². The van der Waals surface area contributed by atoms with Crippen molar-refractivity contribution in [3.05, 3.63) is 71.3 Å². The average Bonchev–Trinajstić information content (AvgIpc) is 2.74. The number of hydrogen-bond acceptors (Lipinski definition) is 2. The second kappa shape index (κ2) is 10.1. The number of carbonyl (C=O) groups excluding carboxylic acids is 2. The standard InChI is InChI=1S/C24H30N2O2/c1-25-23(27)12-11-19-7-9-21(10-8-19)17-22-13-15-26(16-14-22)24(28)18-20-5-3-2-4-6-20/h2-10,22H,11-18H2,1H3,(H,25,27). The van der Waals surface area contributed by atoms with Crippen LogP contribution in [0.3, 0.4) is 0 Å². The monoisotopic (exact) mass is 378 g/mol. The van der Waals surface area contributed by atoms with E-state index >= 15 is 0 Å². The molecule has 1 aliphatic heterocycles. The van der Waals surface area contributed by atoms with Crippen molar-refractivity contribution in [3.63, 3.8) is 0 Å². The Morgan fingerprint density at radius 1 is 0.929 bits per heavy atom. The molecule has 4 nitrogen and oxygen atoms in total. The van der Waals surface area contributed by atoms with E-state index in [4.69, 9.17) is 0 Å². The van der Waals surface area contributed by atoms with E-state index in [-0.39, 0.29) is 11.8 Å². The van der Waals surface area contributed by atoms with Crippen LogP contribution in [0.25, 0.3) is 0 Å². The number of amides is 2. The van der Waals surface area contributed by atoms with E-state index in [0.29, 0.717) is 18.8 Å². The summed E-state index contributed by atoms with van der Waals surface area (Å²) < 4.78 is 0. The van der Waals surface area contributed by atoms with E-state index in [0.717, 1.165) is 44.3 Å². The molecule has 4 heteroatoms. The van der Waals surface area contributed by atoms with Crippen LogP contribution in [0.2, 0.25) is 0 Å². The summed E-state index contributed by atoms with van der Waals surface area (Å²) in [7, 11) is 1.67. The Morgan fingerprint density at radius 2 is 1.57 bits per heavy atom. The summed E-state index contributed by atoms with van der Waals surface area (Å²) in [6, 6.07) is 18.6. The van der Waals surface area contributed by atoms with Gasteiger partial charge in [0.05, 0.1) is 6.42 Å². The topological polar surface area (TPSA) is 49.4 Å². The number of likely N-dealkylation sites (tertiary alicyclic amines) is 1. The van der Waals surface area contributed by atoms with Crippen molar-refractivity contribution >= 4 is 11.8 Å². The molecule has 0 atom stereocenters. The maximum atomic E-state index is 12.5. The van der Waals surface area contributed by atoms with Gasteiger partial charge in [-0.25, -0.2) is 0 Å². The van der Waals surface area contributed by atoms with Gasteiger partial charge in [0.1, 0.15) is 0 Å². The van der Waals surface area contributed by atoms with E-state index in [9.17, 15) is 9.59 Å². The summed E-state index contributed by atoms with van der Waals surface area (Å²) in [6.07, 6.45) is 5.02. The van der Waals surface area contributed by atoms with Crippen LogP contribution in [0.4, 0.5) is 0 Å². The summed E-state index contributed by atoms with van der Waals surface area (Å²) in [5.74, 6) is 0.959. The number of hydrogen-bond donors (Lipinski definition) is 1. The number of benzene rings is 2. The summed E-state index contributed by atoms with van der Waals surface area (Å²) in [4.78, 5) is 25.9. The van der Waals surface area contributed by atoms with Crippen LogP contribution in [0.5, 0.6) is 0 Å². The highest BCUT2D eigenvalue weighted by molar-refractivity contribution is 5.78. The lowest BCUT2D eigenvalue weighted by atomic mass is 9.89. The summed E-state index contributed by atoms with van der Waals surface area (Å²) >= 11 is 0. The SMILES string of the molecule is CNC(=O)CCc1ccc(CC2CCN(C(=O)Cc3ccccc3)CC2)cc1. The van der Waals surface area contributed by atoms with Crippen LogP contribution in [-0.2, 0) is 28.9 Å². The third-order valence-corrected chi connectivity index (χ3v) is 5.63. The molecule has 0 aliphatic carbocycles. The lowest BCUT2D eigenvalue weighted by Gasteiger charge is -2.32. The zero-order chi connectivity index (χ0) is 19.8. The Hall–Kier alpha value is -2.62. The van der Waals surface area contributed by atoms with Gasteiger partial charge in [-0.15, -0.1) is 0 Å². The first kappa shape index (κ1) is 20.1. The van der Waals surface area contributed by atoms with Gasteiger partial charge < -0.3 is 10.2 Å². The predicted octanol–water partition coefficient (Wildman–Crippen LogP) is 3.39. The lowest BCUT2D eigenvalue weighted by Crippen LogP contribution is -2.39. The number of rotatable bonds is 7. The quantitative estimate of drug-likeness (QED) is 0.803. The highest BCUT2D eigenvalue weighted by Crippen LogP contribution is 2.22. The summed E-state index contributed by atoms with van der Waals surface area (Å²) in [6.45, 7) is 1.72. The number of piperidine rings is 1. The molecule has 3 rings (SSSR count). The molecule has 2 aromatic carbocycles. The van der Waals surface area contributed by atoms with Crippen LogP contribution < -0.4 is 5.32 Å². The first-order chi connectivity index (χ1) is 13.6. The molecule has 1 N–H and O–H groups in total. The van der Waals surface area contributed by atoms with E-state index in [1.54, 1.807) is 7.05 Å². The van der Waals surface area contributed by atoms with Crippen molar-refractivity contribution < 1.29 is 9.59 Å². The molecular weight excluding hydrogens is 348 g/mol. The molecule has 1 fully saturated rings. The smallest absolute Gasteiger partial charge is 0.226 e. The molecule has 0 radical (unpaired) electrons. The molecule has 148 valence electrons. The Labute approximate surface area is 167 Å². The van der Waals surface area contributed by atoms with Gasteiger partial charge in [-0.3, -0.25) is 9.59 Å². The first-order valence-electron chi connectivity index (χ1n) is 10.2. The summed E-state index contributed by atoms with van der Waals surface area (Å²) in [5, 5.41) is 2.66. The largest absolute Gasteiger partial charge is 0.359 e. The molecule has 0 aromatic heterocycles. The fourth-order valence-corrected chi connectivity index (χ4v) is 3.83. The van der Waals surface area contributed by atoms with Crippen molar-refractivity contribution in [3.8, 4) is 0 Å². The Kier molecular flexibility index (Phi) is 7.24. The fourth-order valence-electron chi connectivity index (χ4n) is 3.83. The molecule has 2 amide bonds. The van der Waals surface area contributed by atoms with Gasteiger partial charge >= 0.3 is 0 Å². The Balaban J connectivity index is 1.42. The minimum atomic E-state index is 0.0812. The Bertz CT molecular complexity index is 763. The maximum Gasteiger partial charge on any atom is 0.226 e. The van der Waals surface area contributed by atoms with Crippen LogP contribution in [-0.4, -0.2) is 36.9 Å². The molecule has 0 unspecified atom stereocenters. The number of carbonyl (C=O) groups is 2. The van der Waals surface area contributed by atoms with Gasteiger partial charge in [0.2, 0.25) is 11.8 Å². The van der Waals surface area contributed by atoms with E-state index in [1.807, 2.05) is 35.2 Å². The molecule has 1 aliphatic rings. The maximum absolute atomic E-state index is 12.5. The molecule has 1 saturated heterocycles. The van der Waals surface area contributed by atoms with Crippen molar-refractivity contribution in [2.45, 2.75) is 38.5 Å². The predicted molar refractivity (Wildman–Crippen MR) is 112 cm³/mol. The van der Waals surface area contributed by atoms with E-state index < -0.39 is 0 Å². The molecule has 1 heterocycles. The third kappa shape index (κ3) is 5.95. The van der Waals surface area contributed by atoms with Crippen LogP contribution >= 0.6 is 0 Å². The minimum absolute atomic E-state index is 0.0812. The van der Waals surface area contributed by atoms with Gasteiger partial charge in [-0.1, -0.05) is 54.6 Å². The highest BCUT2D eigenvalue weighted by atomic mass is 16.2. The van der Waals surface area contributed by atoms with Crippen LogP contribution in [0.1, 0.15) is 36.0 Å². The normalized spacial score (nSPS) is 14.7. The first-order valence-corrected chi connectivity index (χ1v) is 10.2. The van der Waals surface area contributed by atoms with Gasteiger partial charge in [-0.2, -0.15) is 0 Å². The second-order valence-electron chi connectivity index (χ2n) is 7.68. The minimum Gasteiger partial charge on any atom is -0.359 e. The van der Waals surface area contributed by atoms with E-state index in [2.05, 4.69) is 29.6 Å². The van der Waals surface area contributed by atoms with Crippen molar-refractivity contribution in [1.82, 2.24) is 10.2 Å². The third-order valence-electron chi connectivity index (χ3n) is 5.63. The van der Waals surface area contributed by atoms with Gasteiger partial charge in [-0.05, 0) is 48.3 Å². The molecule has 0 bridgehead atoms. The van der Waals surface area contributed by atoms with E-state index in [1.165, 1.54) is 11.1 Å². The zero-order valence-corrected chi connectivity index (χ0v) is 16.7. The number of aryl methyl sites for hydroxylation is 1. The van der Waals surface area contributed by atoms with Crippen LogP contribution in [0.15, 0.2) is 54.6 Å². The van der Waals surface area contributed by atoms with Gasteiger partial charge in [0.15, 0.2) is 0 Å². The Morgan fingerprint density at radius 3 is 2.21 bits per heavy atom. The molecule has 0 saturated carbocycles. The molecule has 28 heavy (non-hydrogen) atoms. The number of nitrogens with zero attached hydrogens (tertiary/aromatic N) is 1. The second-order valence-corrected chi connectivity index (χ2v) is 7.68. The lowest BCUT2D eigenvalue weighted by molar-refractivity contribution is -0.131. The highest BCUT2D eigenvalue weighted by Gasteiger charge is 2.22. The number of nitrogens with one attached hydrogen (secondary N) is 1. The van der Waals surface area contributed by atoms with Crippen LogP contribution in [0, 0.1) is 5.92 Å². The summed E-state index contributed by atoms with van der Waals surface area (Å²) in [5.41, 5.74) is 3.64. The van der Waals surface area contributed by atoms with Crippen molar-refractivity contribution in [2.24, 2.45) is 5.92 Å². The molecule has 0 spiro atoms.